The first kappa shape index (κ1) is 11.7. The summed E-state index contributed by atoms with van der Waals surface area (Å²) in [6.45, 7) is 4.33. The van der Waals surface area contributed by atoms with Crippen molar-refractivity contribution in [1.29, 1.82) is 0 Å². The number of rotatable bonds is 5. The van der Waals surface area contributed by atoms with Crippen molar-refractivity contribution < 1.29 is 9.53 Å². The summed E-state index contributed by atoms with van der Waals surface area (Å²) in [5, 5.41) is 0. The molecular formula is C9H15BrO2. The van der Waals surface area contributed by atoms with E-state index in [1.165, 1.54) is 6.08 Å². The normalized spacial score (nSPS) is 13.2. The molecule has 0 saturated heterocycles. The van der Waals surface area contributed by atoms with Gasteiger partial charge in [0.05, 0.1) is 6.61 Å². The molecule has 0 rings (SSSR count). The second kappa shape index (κ2) is 7.35. The summed E-state index contributed by atoms with van der Waals surface area (Å²) in [7, 11) is 0. The van der Waals surface area contributed by atoms with Crippen LogP contribution in [0.3, 0.4) is 0 Å². The topological polar surface area (TPSA) is 26.3 Å². The number of allylic oxidation sites excluding steroid dienone is 1. The molecular weight excluding hydrogens is 220 g/mol. The third-order valence-electron chi connectivity index (χ3n) is 1.29. The summed E-state index contributed by atoms with van der Waals surface area (Å²) < 4.78 is 4.72. The standard InChI is InChI=1S/C9H15BrO2/c1-3-5-8(10)6-7-9(11)12-4-2/h6-8H,3-5H2,1-2H3/b7-6+. The van der Waals surface area contributed by atoms with Crippen LogP contribution in [0.25, 0.3) is 0 Å². The second-order valence-corrected chi connectivity index (χ2v) is 3.59. The number of hydrogen-bond donors (Lipinski definition) is 0. The highest BCUT2D eigenvalue weighted by molar-refractivity contribution is 9.09. The van der Waals surface area contributed by atoms with E-state index in [1.54, 1.807) is 6.92 Å². The molecule has 1 unspecified atom stereocenters. The Morgan fingerprint density at radius 3 is 2.75 bits per heavy atom. The zero-order valence-electron chi connectivity index (χ0n) is 7.55. The van der Waals surface area contributed by atoms with Gasteiger partial charge in [-0.2, -0.15) is 0 Å². The Morgan fingerprint density at radius 2 is 2.25 bits per heavy atom. The van der Waals surface area contributed by atoms with Gasteiger partial charge in [0.25, 0.3) is 0 Å². The zero-order valence-corrected chi connectivity index (χ0v) is 9.13. The molecule has 1 atom stereocenters. The van der Waals surface area contributed by atoms with Gasteiger partial charge >= 0.3 is 5.97 Å². The molecule has 3 heteroatoms. The van der Waals surface area contributed by atoms with Gasteiger partial charge in [0.2, 0.25) is 0 Å². The molecule has 0 N–H and O–H groups in total. The van der Waals surface area contributed by atoms with E-state index in [4.69, 9.17) is 4.74 Å². The van der Waals surface area contributed by atoms with E-state index in [2.05, 4.69) is 22.9 Å². The molecule has 0 amide bonds. The van der Waals surface area contributed by atoms with Gasteiger partial charge in [0, 0.05) is 10.9 Å². The molecule has 0 aromatic rings. The summed E-state index contributed by atoms with van der Waals surface area (Å²) in [6.07, 6.45) is 5.43. The Bertz CT molecular complexity index is 155. The minimum Gasteiger partial charge on any atom is -0.463 e. The highest BCUT2D eigenvalue weighted by Gasteiger charge is 1.98. The van der Waals surface area contributed by atoms with Crippen LogP contribution < -0.4 is 0 Å². The van der Waals surface area contributed by atoms with Crippen LogP contribution in [0, 0.1) is 0 Å². The second-order valence-electron chi connectivity index (χ2n) is 2.42. The van der Waals surface area contributed by atoms with E-state index in [-0.39, 0.29) is 10.8 Å². The third kappa shape index (κ3) is 6.40. The molecule has 70 valence electrons. The van der Waals surface area contributed by atoms with Gasteiger partial charge in [0.1, 0.15) is 0 Å². The van der Waals surface area contributed by atoms with Crippen molar-refractivity contribution in [3.05, 3.63) is 12.2 Å². The van der Waals surface area contributed by atoms with Crippen molar-refractivity contribution in [2.75, 3.05) is 6.61 Å². The van der Waals surface area contributed by atoms with Crippen molar-refractivity contribution in [2.24, 2.45) is 0 Å². The summed E-state index contributed by atoms with van der Waals surface area (Å²) >= 11 is 3.42. The molecule has 0 heterocycles. The number of ether oxygens (including phenoxy) is 1. The minimum absolute atomic E-state index is 0.266. The van der Waals surface area contributed by atoms with Crippen LogP contribution in [0.1, 0.15) is 26.7 Å². The number of carbonyl (C=O) groups is 1. The number of carbonyl (C=O) groups excluding carboxylic acids is 1. The molecule has 0 aliphatic heterocycles. The van der Waals surface area contributed by atoms with Crippen LogP contribution in [-0.4, -0.2) is 17.4 Å². The predicted octanol–water partition coefficient (Wildman–Crippen LogP) is 2.67. The minimum atomic E-state index is -0.266. The molecule has 0 aliphatic carbocycles. The number of esters is 1. The Balaban J connectivity index is 3.65. The Kier molecular flexibility index (Phi) is 7.16. The lowest BCUT2D eigenvalue weighted by Crippen LogP contribution is -2.00. The average molecular weight is 235 g/mol. The summed E-state index contributed by atoms with van der Waals surface area (Å²) in [5.41, 5.74) is 0. The van der Waals surface area contributed by atoms with Gasteiger partial charge in [-0.25, -0.2) is 4.79 Å². The highest BCUT2D eigenvalue weighted by atomic mass is 79.9. The lowest BCUT2D eigenvalue weighted by atomic mass is 10.2. The molecule has 0 aromatic carbocycles. The highest BCUT2D eigenvalue weighted by Crippen LogP contribution is 2.08. The quantitative estimate of drug-likeness (QED) is 0.416. The van der Waals surface area contributed by atoms with Gasteiger partial charge < -0.3 is 4.74 Å². The van der Waals surface area contributed by atoms with Crippen LogP contribution in [0.2, 0.25) is 0 Å². The molecule has 0 spiro atoms. The molecule has 0 radical (unpaired) electrons. The Hall–Kier alpha value is -0.310. The van der Waals surface area contributed by atoms with E-state index in [0.717, 1.165) is 12.8 Å². The summed E-state index contributed by atoms with van der Waals surface area (Å²) in [5.74, 6) is -0.266. The summed E-state index contributed by atoms with van der Waals surface area (Å²) in [4.78, 5) is 11.1. The zero-order chi connectivity index (χ0) is 9.40. The van der Waals surface area contributed by atoms with E-state index in [9.17, 15) is 4.79 Å². The summed E-state index contributed by atoms with van der Waals surface area (Å²) in [6, 6.07) is 0. The molecule has 0 bridgehead atoms. The van der Waals surface area contributed by atoms with Crippen LogP contribution in [0.5, 0.6) is 0 Å². The van der Waals surface area contributed by atoms with Crippen molar-refractivity contribution in [2.45, 2.75) is 31.5 Å². The van der Waals surface area contributed by atoms with Crippen molar-refractivity contribution >= 4 is 21.9 Å². The monoisotopic (exact) mass is 234 g/mol. The Morgan fingerprint density at radius 1 is 1.58 bits per heavy atom. The van der Waals surface area contributed by atoms with Crippen LogP contribution in [0.15, 0.2) is 12.2 Å². The predicted molar refractivity (Wildman–Crippen MR) is 53.4 cm³/mol. The van der Waals surface area contributed by atoms with Gasteiger partial charge in [-0.1, -0.05) is 35.4 Å². The number of alkyl halides is 1. The molecule has 0 saturated carbocycles. The Labute approximate surface area is 82.1 Å². The fourth-order valence-corrected chi connectivity index (χ4v) is 1.36. The van der Waals surface area contributed by atoms with Gasteiger partial charge in [0.15, 0.2) is 0 Å². The molecule has 0 aliphatic rings. The van der Waals surface area contributed by atoms with E-state index in [0.29, 0.717) is 6.61 Å². The van der Waals surface area contributed by atoms with Gasteiger partial charge in [-0.05, 0) is 13.3 Å². The van der Waals surface area contributed by atoms with Crippen molar-refractivity contribution in [3.8, 4) is 0 Å². The van der Waals surface area contributed by atoms with Crippen molar-refractivity contribution in [3.63, 3.8) is 0 Å². The van der Waals surface area contributed by atoms with Gasteiger partial charge in [-0.15, -0.1) is 0 Å². The SMILES string of the molecule is CCCC(Br)/C=C/C(=O)OCC. The first-order chi connectivity index (χ1) is 5.70. The molecule has 2 nitrogen and oxygen atoms in total. The number of hydrogen-bond acceptors (Lipinski definition) is 2. The molecule has 0 fully saturated rings. The maximum Gasteiger partial charge on any atom is 0.330 e. The fraction of sp³-hybridized carbons (Fsp3) is 0.667. The van der Waals surface area contributed by atoms with Crippen LogP contribution >= 0.6 is 15.9 Å². The number of halogens is 1. The van der Waals surface area contributed by atoms with Crippen LogP contribution in [0.4, 0.5) is 0 Å². The molecule has 0 aromatic heterocycles. The van der Waals surface area contributed by atoms with Crippen molar-refractivity contribution in [1.82, 2.24) is 0 Å². The smallest absolute Gasteiger partial charge is 0.330 e. The molecule has 12 heavy (non-hydrogen) atoms. The van der Waals surface area contributed by atoms with Gasteiger partial charge in [-0.3, -0.25) is 0 Å². The first-order valence-electron chi connectivity index (χ1n) is 4.19. The lowest BCUT2D eigenvalue weighted by molar-refractivity contribution is -0.137. The maximum absolute atomic E-state index is 10.8. The average Bonchev–Trinajstić information content (AvgIpc) is 2.02. The lowest BCUT2D eigenvalue weighted by Gasteiger charge is -2.00. The third-order valence-corrected chi connectivity index (χ3v) is 2.06. The van der Waals surface area contributed by atoms with E-state index in [1.807, 2.05) is 6.08 Å². The fourth-order valence-electron chi connectivity index (χ4n) is 0.745. The first-order valence-corrected chi connectivity index (χ1v) is 5.11. The van der Waals surface area contributed by atoms with Crippen LogP contribution in [-0.2, 0) is 9.53 Å². The largest absolute Gasteiger partial charge is 0.463 e. The van der Waals surface area contributed by atoms with E-state index < -0.39 is 0 Å². The van der Waals surface area contributed by atoms with E-state index >= 15 is 0 Å². The maximum atomic E-state index is 10.8.